The first-order valence-corrected chi connectivity index (χ1v) is 4.50. The summed E-state index contributed by atoms with van der Waals surface area (Å²) in [6, 6.07) is 8.67. The maximum absolute atomic E-state index is 8.00. The standard InChI is InChI=1S/C10H14.CH4O.CH2O/c1-8(2)10-6-4-5-9(3)7-10;2*1-2/h4-8H,1-3H3;2H,1H3;1H2. The third kappa shape index (κ3) is 6.38. The highest BCUT2D eigenvalue weighted by Crippen LogP contribution is 2.14. The van der Waals surface area contributed by atoms with Crippen molar-refractivity contribution in [2.75, 3.05) is 7.11 Å². The molecule has 0 unspecified atom stereocenters. The fraction of sp³-hybridized carbons (Fsp3) is 0.417. The minimum absolute atomic E-state index is 0.653. The Kier molecular flexibility index (Phi) is 10.9. The molecule has 1 aromatic carbocycles. The Labute approximate surface area is 86.6 Å². The molecular weight excluding hydrogens is 176 g/mol. The Morgan fingerprint density at radius 1 is 1.21 bits per heavy atom. The Hall–Kier alpha value is -1.15. The van der Waals surface area contributed by atoms with Crippen LogP contribution in [0.3, 0.4) is 0 Å². The van der Waals surface area contributed by atoms with Crippen LogP contribution in [-0.4, -0.2) is 19.0 Å². The molecule has 0 amide bonds. The molecule has 0 aliphatic heterocycles. The maximum atomic E-state index is 8.00. The molecule has 1 N–H and O–H groups in total. The minimum Gasteiger partial charge on any atom is -0.400 e. The van der Waals surface area contributed by atoms with E-state index in [0.717, 1.165) is 7.11 Å². The zero-order valence-electron chi connectivity index (χ0n) is 9.45. The lowest BCUT2D eigenvalue weighted by atomic mass is 10.0. The highest BCUT2D eigenvalue weighted by atomic mass is 16.2. The summed E-state index contributed by atoms with van der Waals surface area (Å²) in [4.78, 5) is 8.00. The maximum Gasteiger partial charge on any atom is 0.106 e. The Bertz CT molecular complexity index is 232. The fourth-order valence-electron chi connectivity index (χ4n) is 1.03. The highest BCUT2D eigenvalue weighted by molar-refractivity contribution is 5.24. The van der Waals surface area contributed by atoms with E-state index >= 15 is 0 Å². The molecule has 0 spiro atoms. The predicted molar refractivity (Wildman–Crippen MR) is 60.5 cm³/mol. The van der Waals surface area contributed by atoms with Gasteiger partial charge in [-0.15, -0.1) is 0 Å². The SMILES string of the molecule is C=O.CO.Cc1cccc(C(C)C)c1. The molecule has 0 fully saturated rings. The Balaban J connectivity index is 0. The summed E-state index contributed by atoms with van der Waals surface area (Å²) in [5, 5.41) is 7.00. The van der Waals surface area contributed by atoms with Gasteiger partial charge in [0, 0.05) is 7.11 Å². The van der Waals surface area contributed by atoms with Crippen LogP contribution in [0.5, 0.6) is 0 Å². The summed E-state index contributed by atoms with van der Waals surface area (Å²) < 4.78 is 0. The van der Waals surface area contributed by atoms with Gasteiger partial charge in [0.25, 0.3) is 0 Å². The number of aliphatic hydroxyl groups is 1. The first kappa shape index (κ1) is 15.3. The zero-order chi connectivity index (χ0) is 11.6. The van der Waals surface area contributed by atoms with Crippen molar-refractivity contribution >= 4 is 6.79 Å². The molecule has 0 aliphatic rings. The molecule has 0 aromatic heterocycles. The fourth-order valence-corrected chi connectivity index (χ4v) is 1.03. The van der Waals surface area contributed by atoms with Crippen molar-refractivity contribution in [1.82, 2.24) is 0 Å². The van der Waals surface area contributed by atoms with Crippen molar-refractivity contribution in [3.8, 4) is 0 Å². The summed E-state index contributed by atoms with van der Waals surface area (Å²) in [6.07, 6.45) is 0. The van der Waals surface area contributed by atoms with E-state index in [4.69, 9.17) is 9.90 Å². The summed E-state index contributed by atoms with van der Waals surface area (Å²) in [6.45, 7) is 8.56. The van der Waals surface area contributed by atoms with Crippen molar-refractivity contribution in [1.29, 1.82) is 0 Å². The van der Waals surface area contributed by atoms with Crippen molar-refractivity contribution in [3.63, 3.8) is 0 Å². The second kappa shape index (κ2) is 9.93. The van der Waals surface area contributed by atoms with Crippen LogP contribution >= 0.6 is 0 Å². The molecule has 0 aliphatic carbocycles. The first-order chi connectivity index (χ1) is 6.70. The van der Waals surface area contributed by atoms with Crippen LogP contribution in [0.15, 0.2) is 24.3 Å². The van der Waals surface area contributed by atoms with Gasteiger partial charge in [-0.1, -0.05) is 43.7 Å². The second-order valence-corrected chi connectivity index (χ2v) is 3.07. The first-order valence-electron chi connectivity index (χ1n) is 4.50. The largest absolute Gasteiger partial charge is 0.400 e. The monoisotopic (exact) mass is 196 g/mol. The number of aliphatic hydroxyl groups excluding tert-OH is 1. The molecule has 0 heterocycles. The van der Waals surface area contributed by atoms with Crippen LogP contribution in [0.25, 0.3) is 0 Å². The van der Waals surface area contributed by atoms with Gasteiger partial charge in [0.15, 0.2) is 0 Å². The van der Waals surface area contributed by atoms with Gasteiger partial charge in [-0.2, -0.15) is 0 Å². The van der Waals surface area contributed by atoms with Crippen LogP contribution in [0, 0.1) is 6.92 Å². The molecule has 2 heteroatoms. The number of hydrogen-bond acceptors (Lipinski definition) is 2. The smallest absolute Gasteiger partial charge is 0.106 e. The molecule has 0 radical (unpaired) electrons. The molecule has 1 aromatic rings. The average Bonchev–Trinajstić information content (AvgIpc) is 2.24. The van der Waals surface area contributed by atoms with Gasteiger partial charge in [-0.05, 0) is 18.4 Å². The van der Waals surface area contributed by atoms with Crippen molar-refractivity contribution in [2.45, 2.75) is 26.7 Å². The van der Waals surface area contributed by atoms with Crippen LogP contribution in [0.1, 0.15) is 30.9 Å². The Morgan fingerprint density at radius 2 is 1.71 bits per heavy atom. The van der Waals surface area contributed by atoms with E-state index in [9.17, 15) is 0 Å². The van der Waals surface area contributed by atoms with Gasteiger partial charge >= 0.3 is 0 Å². The molecule has 0 atom stereocenters. The molecule has 80 valence electrons. The van der Waals surface area contributed by atoms with Crippen LogP contribution in [0.2, 0.25) is 0 Å². The lowest BCUT2D eigenvalue weighted by Gasteiger charge is -2.04. The third-order valence-electron chi connectivity index (χ3n) is 1.71. The summed E-state index contributed by atoms with van der Waals surface area (Å²) >= 11 is 0. The van der Waals surface area contributed by atoms with Crippen molar-refractivity contribution < 1.29 is 9.90 Å². The summed E-state index contributed by atoms with van der Waals surface area (Å²) in [5.41, 5.74) is 2.78. The molecular formula is C12H20O2. The lowest BCUT2D eigenvalue weighted by molar-refractivity contribution is -0.0979. The van der Waals surface area contributed by atoms with E-state index in [2.05, 4.69) is 45.0 Å². The van der Waals surface area contributed by atoms with Crippen LogP contribution in [0.4, 0.5) is 0 Å². The number of carbonyl (C=O) groups is 1. The van der Waals surface area contributed by atoms with Gasteiger partial charge in [0.05, 0.1) is 0 Å². The molecule has 0 bridgehead atoms. The number of rotatable bonds is 1. The quantitative estimate of drug-likeness (QED) is 0.749. The second-order valence-electron chi connectivity index (χ2n) is 3.07. The summed E-state index contributed by atoms with van der Waals surface area (Å²) in [7, 11) is 1.00. The van der Waals surface area contributed by atoms with Crippen molar-refractivity contribution in [3.05, 3.63) is 35.4 Å². The molecule has 0 saturated carbocycles. The van der Waals surface area contributed by atoms with E-state index in [1.54, 1.807) is 0 Å². The minimum atomic E-state index is 0.653. The number of aryl methyl sites for hydroxylation is 1. The lowest BCUT2D eigenvalue weighted by Crippen LogP contribution is -1.86. The molecule has 2 nitrogen and oxygen atoms in total. The molecule has 0 saturated heterocycles. The molecule has 1 rings (SSSR count). The normalized spacial score (nSPS) is 8.14. The topological polar surface area (TPSA) is 37.3 Å². The van der Waals surface area contributed by atoms with Gasteiger partial charge < -0.3 is 9.90 Å². The summed E-state index contributed by atoms with van der Waals surface area (Å²) in [5.74, 6) is 0.653. The zero-order valence-corrected chi connectivity index (χ0v) is 9.45. The highest BCUT2D eigenvalue weighted by Gasteiger charge is 1.96. The van der Waals surface area contributed by atoms with E-state index < -0.39 is 0 Å². The van der Waals surface area contributed by atoms with Gasteiger partial charge in [-0.25, -0.2) is 0 Å². The third-order valence-corrected chi connectivity index (χ3v) is 1.71. The number of hydrogen-bond donors (Lipinski definition) is 1. The predicted octanol–water partition coefficient (Wildman–Crippen LogP) is 2.54. The van der Waals surface area contributed by atoms with E-state index in [-0.39, 0.29) is 0 Å². The van der Waals surface area contributed by atoms with E-state index in [1.165, 1.54) is 11.1 Å². The molecule has 14 heavy (non-hydrogen) atoms. The number of carbonyl (C=O) groups excluding carboxylic acids is 1. The van der Waals surface area contributed by atoms with Gasteiger partial charge in [0.1, 0.15) is 6.79 Å². The average molecular weight is 196 g/mol. The van der Waals surface area contributed by atoms with Gasteiger partial charge in [0.2, 0.25) is 0 Å². The number of benzene rings is 1. The van der Waals surface area contributed by atoms with Gasteiger partial charge in [-0.3, -0.25) is 0 Å². The van der Waals surface area contributed by atoms with E-state index in [1.807, 2.05) is 6.79 Å². The van der Waals surface area contributed by atoms with Crippen LogP contribution in [-0.2, 0) is 4.79 Å². The van der Waals surface area contributed by atoms with Crippen LogP contribution < -0.4 is 0 Å². The Morgan fingerprint density at radius 3 is 2.00 bits per heavy atom. The van der Waals surface area contributed by atoms with E-state index in [0.29, 0.717) is 5.92 Å². The van der Waals surface area contributed by atoms with Crippen molar-refractivity contribution in [2.24, 2.45) is 0 Å².